The number of ether oxygens (including phenoxy) is 4. The second-order valence-electron chi connectivity index (χ2n) is 6.18. The van der Waals surface area contributed by atoms with Crippen LogP contribution in [0.1, 0.15) is 15.9 Å². The van der Waals surface area contributed by atoms with Crippen LogP contribution in [0, 0.1) is 0 Å². The third-order valence-electron chi connectivity index (χ3n) is 4.15. The van der Waals surface area contributed by atoms with Crippen molar-refractivity contribution < 1.29 is 28.5 Å². The first-order chi connectivity index (χ1) is 15.1. The number of benzene rings is 1. The quantitative estimate of drug-likeness (QED) is 0.524. The van der Waals surface area contributed by atoms with Crippen LogP contribution >= 0.6 is 0 Å². The summed E-state index contributed by atoms with van der Waals surface area (Å²) in [6.07, 6.45) is 4.91. The van der Waals surface area contributed by atoms with Crippen molar-refractivity contribution >= 4 is 17.7 Å². The lowest BCUT2D eigenvalue weighted by molar-refractivity contribution is -0.142. The minimum Gasteiger partial charge on any atom is -0.493 e. The summed E-state index contributed by atoms with van der Waals surface area (Å²) in [7, 11) is 2.70. The van der Waals surface area contributed by atoms with Gasteiger partial charge in [0.05, 0.1) is 14.2 Å². The topological polar surface area (TPSA) is 109 Å². The number of amides is 1. The van der Waals surface area contributed by atoms with Crippen LogP contribution in [0.5, 0.6) is 17.2 Å². The summed E-state index contributed by atoms with van der Waals surface area (Å²) in [6, 6.07) is 11.7. The first-order valence-electron chi connectivity index (χ1n) is 9.26. The molecule has 0 radical (unpaired) electrons. The predicted molar refractivity (Wildman–Crippen MR) is 111 cm³/mol. The molecule has 160 valence electrons. The molecule has 0 aliphatic heterocycles. The Labute approximate surface area is 179 Å². The molecule has 1 amide bonds. The minimum absolute atomic E-state index is 0.273. The van der Waals surface area contributed by atoms with Crippen LogP contribution in [0.2, 0.25) is 0 Å². The maximum absolute atomic E-state index is 12.7. The Balaban J connectivity index is 1.70. The zero-order valence-corrected chi connectivity index (χ0v) is 17.0. The van der Waals surface area contributed by atoms with E-state index >= 15 is 0 Å². The summed E-state index contributed by atoms with van der Waals surface area (Å²) >= 11 is 0. The average molecular weight is 423 g/mol. The van der Waals surface area contributed by atoms with Gasteiger partial charge in [0.1, 0.15) is 6.61 Å². The minimum atomic E-state index is -0.529. The van der Waals surface area contributed by atoms with Crippen LogP contribution < -0.4 is 19.5 Å². The zero-order valence-electron chi connectivity index (χ0n) is 17.0. The van der Waals surface area contributed by atoms with E-state index in [0.717, 1.165) is 5.56 Å². The summed E-state index contributed by atoms with van der Waals surface area (Å²) < 4.78 is 21.0. The Hall–Kier alpha value is -4.14. The molecule has 0 saturated heterocycles. The molecule has 0 aliphatic carbocycles. The molecule has 0 bridgehead atoms. The zero-order chi connectivity index (χ0) is 22.1. The van der Waals surface area contributed by atoms with Gasteiger partial charge in [0.25, 0.3) is 5.91 Å². The van der Waals surface area contributed by atoms with E-state index in [9.17, 15) is 9.59 Å². The molecule has 1 aromatic carbocycles. The van der Waals surface area contributed by atoms with Gasteiger partial charge < -0.3 is 24.3 Å². The largest absolute Gasteiger partial charge is 0.493 e. The maximum atomic E-state index is 12.7. The molecule has 9 heteroatoms. The van der Waals surface area contributed by atoms with Gasteiger partial charge in [-0.15, -0.1) is 0 Å². The number of carbonyl (C=O) groups excluding carboxylic acids is 2. The highest BCUT2D eigenvalue weighted by Crippen LogP contribution is 2.29. The lowest BCUT2D eigenvalue weighted by Crippen LogP contribution is -2.15. The molecule has 2 heterocycles. The van der Waals surface area contributed by atoms with Crippen molar-refractivity contribution in [1.82, 2.24) is 9.97 Å². The van der Waals surface area contributed by atoms with Gasteiger partial charge in [-0.05, 0) is 48.0 Å². The summed E-state index contributed by atoms with van der Waals surface area (Å²) in [4.78, 5) is 32.2. The lowest BCUT2D eigenvalue weighted by Gasteiger charge is -2.13. The van der Waals surface area contributed by atoms with Crippen molar-refractivity contribution in [3.63, 3.8) is 0 Å². The third-order valence-corrected chi connectivity index (χ3v) is 4.15. The Morgan fingerprint density at radius 3 is 2.48 bits per heavy atom. The van der Waals surface area contributed by atoms with Crippen molar-refractivity contribution in [3.05, 3.63) is 72.2 Å². The van der Waals surface area contributed by atoms with E-state index in [1.54, 1.807) is 36.8 Å². The number of nitrogens with zero attached hydrogens (tertiary/aromatic N) is 2. The molecule has 3 rings (SSSR count). The summed E-state index contributed by atoms with van der Waals surface area (Å²) in [5.74, 6) is 0.378. The molecule has 31 heavy (non-hydrogen) atoms. The van der Waals surface area contributed by atoms with E-state index < -0.39 is 11.9 Å². The van der Waals surface area contributed by atoms with E-state index in [2.05, 4.69) is 20.0 Å². The van der Waals surface area contributed by atoms with Gasteiger partial charge >= 0.3 is 5.97 Å². The lowest BCUT2D eigenvalue weighted by atomic mass is 10.2. The highest BCUT2D eigenvalue weighted by molar-refractivity contribution is 6.04. The first kappa shape index (κ1) is 21.6. The molecule has 0 aliphatic rings. The predicted octanol–water partition coefficient (Wildman–Crippen LogP) is 2.87. The number of esters is 1. The van der Waals surface area contributed by atoms with E-state index in [-0.39, 0.29) is 12.4 Å². The third kappa shape index (κ3) is 5.92. The van der Waals surface area contributed by atoms with E-state index in [0.29, 0.717) is 29.4 Å². The molecular formula is C22H21N3O6. The number of carbonyl (C=O) groups is 2. The number of aromatic nitrogens is 2. The average Bonchev–Trinajstić information content (AvgIpc) is 2.82. The molecule has 3 aromatic rings. The standard InChI is InChI=1S/C22H21N3O6/c1-28-19-12-16(5-6-17(19)31-14-20(26)29-2)22(27)25-21-18(4-3-9-24-21)30-13-15-7-10-23-11-8-15/h3-12H,13-14H2,1-2H3,(H,24,25,27). The molecule has 1 N–H and O–H groups in total. The highest BCUT2D eigenvalue weighted by atomic mass is 16.6. The molecule has 0 atom stereocenters. The number of methoxy groups -OCH3 is 2. The van der Waals surface area contributed by atoms with Gasteiger partial charge in [0.15, 0.2) is 29.7 Å². The van der Waals surface area contributed by atoms with Crippen molar-refractivity contribution in [2.24, 2.45) is 0 Å². The van der Waals surface area contributed by atoms with Gasteiger partial charge in [-0.25, -0.2) is 9.78 Å². The normalized spacial score (nSPS) is 10.1. The monoisotopic (exact) mass is 423 g/mol. The van der Waals surface area contributed by atoms with Crippen LogP contribution in [0.3, 0.4) is 0 Å². The second-order valence-corrected chi connectivity index (χ2v) is 6.18. The van der Waals surface area contributed by atoms with Crippen molar-refractivity contribution in [2.45, 2.75) is 6.61 Å². The highest BCUT2D eigenvalue weighted by Gasteiger charge is 2.15. The van der Waals surface area contributed by atoms with Crippen molar-refractivity contribution in [1.29, 1.82) is 0 Å². The van der Waals surface area contributed by atoms with E-state index in [4.69, 9.17) is 14.2 Å². The van der Waals surface area contributed by atoms with Crippen LogP contribution in [-0.4, -0.2) is 42.7 Å². The van der Waals surface area contributed by atoms with Crippen molar-refractivity contribution in [2.75, 3.05) is 26.1 Å². The first-order valence-corrected chi connectivity index (χ1v) is 9.26. The maximum Gasteiger partial charge on any atom is 0.343 e. The van der Waals surface area contributed by atoms with Gasteiger partial charge in [0, 0.05) is 24.2 Å². The van der Waals surface area contributed by atoms with Gasteiger partial charge in [0.2, 0.25) is 0 Å². The second kappa shape index (κ2) is 10.6. The number of nitrogens with one attached hydrogen (secondary N) is 1. The van der Waals surface area contributed by atoms with Crippen LogP contribution in [-0.2, 0) is 16.1 Å². The number of hydrogen-bond donors (Lipinski definition) is 1. The number of rotatable bonds is 9. The van der Waals surface area contributed by atoms with Crippen LogP contribution in [0.25, 0.3) is 0 Å². The Bertz CT molecular complexity index is 1040. The van der Waals surface area contributed by atoms with Crippen LogP contribution in [0.15, 0.2) is 61.1 Å². The Kier molecular flexibility index (Phi) is 7.36. The molecule has 0 fully saturated rings. The Morgan fingerprint density at radius 1 is 0.935 bits per heavy atom. The van der Waals surface area contributed by atoms with Crippen molar-refractivity contribution in [3.8, 4) is 17.2 Å². The fraction of sp³-hybridized carbons (Fsp3) is 0.182. The Morgan fingerprint density at radius 2 is 1.74 bits per heavy atom. The number of anilines is 1. The summed E-state index contributed by atoms with van der Waals surface area (Å²) in [6.45, 7) is 0.0294. The molecule has 2 aromatic heterocycles. The fourth-order valence-corrected chi connectivity index (χ4v) is 2.54. The van der Waals surface area contributed by atoms with Gasteiger partial charge in [-0.2, -0.15) is 0 Å². The molecule has 0 spiro atoms. The number of hydrogen-bond acceptors (Lipinski definition) is 8. The SMILES string of the molecule is COC(=O)COc1ccc(C(=O)Nc2ncccc2OCc2ccncc2)cc1OC. The van der Waals surface area contributed by atoms with Crippen LogP contribution in [0.4, 0.5) is 5.82 Å². The molecule has 0 unspecified atom stereocenters. The summed E-state index contributed by atoms with van der Waals surface area (Å²) in [5.41, 5.74) is 1.25. The molecular weight excluding hydrogens is 402 g/mol. The van der Waals surface area contributed by atoms with Gasteiger partial charge in [-0.3, -0.25) is 9.78 Å². The van der Waals surface area contributed by atoms with Gasteiger partial charge in [-0.1, -0.05) is 0 Å². The van der Waals surface area contributed by atoms with E-state index in [1.165, 1.54) is 26.4 Å². The molecule has 0 saturated carbocycles. The summed E-state index contributed by atoms with van der Waals surface area (Å²) in [5, 5.41) is 2.74. The molecule has 9 nitrogen and oxygen atoms in total. The fourth-order valence-electron chi connectivity index (χ4n) is 2.54. The number of pyridine rings is 2. The van der Waals surface area contributed by atoms with E-state index in [1.807, 2.05) is 12.1 Å². The smallest absolute Gasteiger partial charge is 0.343 e.